The van der Waals surface area contributed by atoms with Gasteiger partial charge in [-0.05, 0) is 24.3 Å². The van der Waals surface area contributed by atoms with E-state index in [1.54, 1.807) is 0 Å². The maximum atomic E-state index is 12.5. The second kappa shape index (κ2) is 4.59. The van der Waals surface area contributed by atoms with Gasteiger partial charge in [-0.25, -0.2) is 4.39 Å². The van der Waals surface area contributed by atoms with Crippen LogP contribution < -0.4 is 0 Å². The summed E-state index contributed by atoms with van der Waals surface area (Å²) in [6.45, 7) is 0. The van der Waals surface area contributed by atoms with E-state index in [1.807, 2.05) is 0 Å². The van der Waals surface area contributed by atoms with Gasteiger partial charge in [-0.3, -0.25) is 4.28 Å². The molecule has 0 bridgehead atoms. The molecular weight excluding hydrogens is 245 g/mol. The van der Waals surface area contributed by atoms with Crippen LogP contribution in [-0.2, 0) is 14.4 Å². The van der Waals surface area contributed by atoms with Crippen molar-refractivity contribution in [2.45, 2.75) is 0 Å². The molecule has 4 nitrogen and oxygen atoms in total. The second-order valence-electron chi connectivity index (χ2n) is 2.67. The average Bonchev–Trinajstić information content (AvgIpc) is 2.14. The fraction of sp³-hybridized carbons (Fsp3) is 0.125. The molecule has 1 rings (SSSR count). The Balaban J connectivity index is 2.85. The van der Waals surface area contributed by atoms with E-state index < -0.39 is 15.9 Å². The van der Waals surface area contributed by atoms with Crippen LogP contribution in [0.3, 0.4) is 0 Å². The van der Waals surface area contributed by atoms with Gasteiger partial charge in [0.25, 0.3) is 0 Å². The third-order valence-electron chi connectivity index (χ3n) is 1.34. The second-order valence-corrected chi connectivity index (χ2v) is 4.58. The summed E-state index contributed by atoms with van der Waals surface area (Å²) in [4.78, 5) is 0. The third-order valence-corrected chi connectivity index (χ3v) is 1.97. The van der Waals surface area contributed by atoms with Gasteiger partial charge < -0.3 is 0 Å². The number of rotatable bonds is 3. The molecule has 1 aromatic rings. The monoisotopic (exact) mass is 251 g/mol. The Morgan fingerprint density at radius 2 is 1.93 bits per heavy atom. The van der Waals surface area contributed by atoms with Crippen molar-refractivity contribution in [3.63, 3.8) is 0 Å². The first-order valence-electron chi connectivity index (χ1n) is 3.76. The molecule has 0 aliphatic rings. The van der Waals surface area contributed by atoms with Crippen molar-refractivity contribution in [2.75, 3.05) is 6.26 Å². The molecule has 15 heavy (non-hydrogen) atoms. The van der Waals surface area contributed by atoms with Crippen molar-refractivity contribution in [1.82, 2.24) is 0 Å². The summed E-state index contributed by atoms with van der Waals surface area (Å²) in [6, 6.07) is 5.06. The van der Waals surface area contributed by atoms with Crippen LogP contribution in [0.5, 0.6) is 0 Å². The smallest absolute Gasteiger partial charge is 0.267 e. The fourth-order valence-electron chi connectivity index (χ4n) is 0.741. The quantitative estimate of drug-likeness (QED) is 0.607. The van der Waals surface area contributed by atoms with Gasteiger partial charge in [-0.15, -0.1) is 0 Å². The van der Waals surface area contributed by atoms with Gasteiger partial charge in [-0.1, -0.05) is 16.8 Å². The van der Waals surface area contributed by atoms with Crippen molar-refractivity contribution in [3.8, 4) is 0 Å². The molecule has 0 N–H and O–H groups in total. The molecule has 0 radical (unpaired) electrons. The van der Waals surface area contributed by atoms with Crippen LogP contribution in [0.2, 0.25) is 0 Å². The van der Waals surface area contributed by atoms with E-state index in [0.29, 0.717) is 5.56 Å². The lowest BCUT2D eigenvalue weighted by molar-refractivity contribution is 0.344. The van der Waals surface area contributed by atoms with E-state index in [0.717, 1.165) is 6.26 Å². The van der Waals surface area contributed by atoms with Gasteiger partial charge in [0.2, 0.25) is 0 Å². The summed E-state index contributed by atoms with van der Waals surface area (Å²) in [5.74, 6) is -0.424. The predicted molar refractivity (Wildman–Crippen MR) is 54.7 cm³/mol. The molecule has 0 amide bonds. The highest BCUT2D eigenvalue weighted by molar-refractivity contribution is 7.85. The van der Waals surface area contributed by atoms with E-state index >= 15 is 0 Å². The molecule has 0 atom stereocenters. The number of halogens is 2. The zero-order valence-corrected chi connectivity index (χ0v) is 9.22. The zero-order chi connectivity index (χ0) is 11.5. The minimum atomic E-state index is -3.68. The first-order chi connectivity index (χ1) is 6.88. The van der Waals surface area contributed by atoms with E-state index in [9.17, 15) is 12.8 Å². The molecule has 1 aromatic carbocycles. The lowest BCUT2D eigenvalue weighted by Gasteiger charge is -1.97. The number of benzene rings is 1. The first-order valence-corrected chi connectivity index (χ1v) is 5.96. The van der Waals surface area contributed by atoms with Gasteiger partial charge in [0.1, 0.15) is 5.82 Å². The number of hydrogen-bond acceptors (Lipinski definition) is 4. The predicted octanol–water partition coefficient (Wildman–Crippen LogP) is 1.70. The van der Waals surface area contributed by atoms with E-state index in [2.05, 4.69) is 9.44 Å². The summed E-state index contributed by atoms with van der Waals surface area (Å²) >= 11 is 5.60. The molecular formula is C8H7ClFNO3S. The van der Waals surface area contributed by atoms with Gasteiger partial charge in [0.15, 0.2) is 5.17 Å². The standard InChI is InChI=1S/C8H7ClFNO3S/c1-15(12,13)14-11-8(9)6-2-4-7(10)5-3-6/h2-5H,1H3/b11-8+. The maximum Gasteiger partial charge on any atom is 0.325 e. The Kier molecular flexibility index (Phi) is 3.65. The number of hydrogen-bond donors (Lipinski definition) is 0. The molecule has 7 heteroatoms. The minimum Gasteiger partial charge on any atom is -0.267 e. The van der Waals surface area contributed by atoms with Crippen LogP contribution in [0.1, 0.15) is 5.56 Å². The van der Waals surface area contributed by atoms with Crippen LogP contribution in [-0.4, -0.2) is 19.8 Å². The molecule has 0 saturated heterocycles. The lowest BCUT2D eigenvalue weighted by atomic mass is 10.2. The normalized spacial score (nSPS) is 12.6. The summed E-state index contributed by atoms with van der Waals surface area (Å²) in [7, 11) is -3.68. The summed E-state index contributed by atoms with van der Waals surface area (Å²) in [6.07, 6.45) is 0.839. The Hall–Kier alpha value is -1.14. The van der Waals surface area contributed by atoms with Crippen molar-refractivity contribution in [1.29, 1.82) is 0 Å². The third kappa shape index (κ3) is 4.26. The molecule has 0 unspecified atom stereocenters. The van der Waals surface area contributed by atoms with Crippen LogP contribution >= 0.6 is 11.6 Å². The van der Waals surface area contributed by atoms with Gasteiger partial charge in [-0.2, -0.15) is 8.42 Å². The van der Waals surface area contributed by atoms with E-state index in [-0.39, 0.29) is 5.17 Å². The minimum absolute atomic E-state index is 0.166. The topological polar surface area (TPSA) is 55.7 Å². The summed E-state index contributed by atoms with van der Waals surface area (Å²) in [5.41, 5.74) is 0.363. The number of nitrogens with zero attached hydrogens (tertiary/aromatic N) is 1. The molecule has 0 saturated carbocycles. The van der Waals surface area contributed by atoms with Crippen LogP contribution in [0.15, 0.2) is 29.4 Å². The maximum absolute atomic E-state index is 12.5. The van der Waals surface area contributed by atoms with Crippen LogP contribution in [0, 0.1) is 5.82 Å². The molecule has 0 fully saturated rings. The van der Waals surface area contributed by atoms with E-state index in [4.69, 9.17) is 11.6 Å². The number of oxime groups is 1. The van der Waals surface area contributed by atoms with Crippen molar-refractivity contribution < 1.29 is 17.1 Å². The van der Waals surface area contributed by atoms with Gasteiger partial charge in [0.05, 0.1) is 6.26 Å². The molecule has 0 aromatic heterocycles. The van der Waals surface area contributed by atoms with E-state index in [1.165, 1.54) is 24.3 Å². The lowest BCUT2D eigenvalue weighted by Crippen LogP contribution is -2.00. The zero-order valence-electron chi connectivity index (χ0n) is 7.65. The Morgan fingerprint density at radius 1 is 1.40 bits per heavy atom. The van der Waals surface area contributed by atoms with Crippen LogP contribution in [0.4, 0.5) is 4.39 Å². The molecule has 0 aliphatic carbocycles. The van der Waals surface area contributed by atoms with Crippen molar-refractivity contribution in [3.05, 3.63) is 35.6 Å². The SMILES string of the molecule is CS(=O)(=O)O/N=C(/Cl)c1ccc(F)cc1. The molecule has 0 heterocycles. The fourth-order valence-corrected chi connectivity index (χ4v) is 1.15. The molecule has 0 spiro atoms. The van der Waals surface area contributed by atoms with Crippen molar-refractivity contribution in [2.24, 2.45) is 5.16 Å². The summed E-state index contributed by atoms with van der Waals surface area (Å²) in [5, 5.41) is 3.00. The van der Waals surface area contributed by atoms with Gasteiger partial charge in [0, 0.05) is 5.56 Å². The highest BCUT2D eigenvalue weighted by Gasteiger charge is 2.04. The van der Waals surface area contributed by atoms with Gasteiger partial charge >= 0.3 is 10.1 Å². The molecule has 82 valence electrons. The average molecular weight is 252 g/mol. The Bertz CT molecular complexity index is 469. The first kappa shape index (κ1) is 11.9. The van der Waals surface area contributed by atoms with Crippen molar-refractivity contribution >= 4 is 26.9 Å². The summed E-state index contributed by atoms with van der Waals surface area (Å²) < 4.78 is 37.8. The largest absolute Gasteiger partial charge is 0.325 e. The Labute approximate surface area is 91.4 Å². The highest BCUT2D eigenvalue weighted by Crippen LogP contribution is 2.08. The van der Waals surface area contributed by atoms with Crippen LogP contribution in [0.25, 0.3) is 0 Å². The Morgan fingerprint density at radius 3 is 2.40 bits per heavy atom. The molecule has 0 aliphatic heterocycles. The highest BCUT2D eigenvalue weighted by atomic mass is 35.5.